The van der Waals surface area contributed by atoms with Crippen LogP contribution in [-0.4, -0.2) is 25.7 Å². The molecule has 1 N–H and O–H groups in total. The maximum atomic E-state index is 12.8. The van der Waals surface area contributed by atoms with E-state index in [1.54, 1.807) is 18.6 Å². The zero-order valence-corrected chi connectivity index (χ0v) is 13.2. The van der Waals surface area contributed by atoms with E-state index in [9.17, 15) is 18.0 Å². The molecule has 0 bridgehead atoms. The van der Waals surface area contributed by atoms with Crippen LogP contribution in [-0.2, 0) is 12.7 Å². The van der Waals surface area contributed by atoms with Crippen LogP contribution < -0.4 is 5.32 Å². The first kappa shape index (κ1) is 17.5. The number of benzene rings is 1. The van der Waals surface area contributed by atoms with Crippen LogP contribution in [0.2, 0.25) is 0 Å². The lowest BCUT2D eigenvalue weighted by molar-refractivity contribution is -0.137. The molecule has 0 saturated carbocycles. The summed E-state index contributed by atoms with van der Waals surface area (Å²) in [7, 11) is 0. The van der Waals surface area contributed by atoms with Crippen LogP contribution in [0.3, 0.4) is 0 Å². The minimum Gasteiger partial charge on any atom is -0.349 e. The predicted molar refractivity (Wildman–Crippen MR) is 86.3 cm³/mol. The highest BCUT2D eigenvalue weighted by Gasteiger charge is 2.31. The van der Waals surface area contributed by atoms with Crippen molar-refractivity contribution >= 4 is 11.7 Å². The number of hydrogen-bond acceptors (Lipinski definition) is 6. The fourth-order valence-corrected chi connectivity index (χ4v) is 2.13. The average molecular weight is 359 g/mol. The molecule has 0 unspecified atom stereocenters. The molecule has 9 heteroatoms. The highest BCUT2D eigenvalue weighted by atomic mass is 19.4. The third kappa shape index (κ3) is 4.18. The molecule has 0 atom stereocenters. The Morgan fingerprint density at radius 3 is 2.42 bits per heavy atom. The van der Waals surface area contributed by atoms with E-state index in [-0.39, 0.29) is 17.1 Å². The second-order valence-electron chi connectivity index (χ2n) is 5.25. The van der Waals surface area contributed by atoms with Crippen molar-refractivity contribution in [2.45, 2.75) is 12.7 Å². The van der Waals surface area contributed by atoms with Crippen molar-refractivity contribution in [2.24, 2.45) is 0 Å². The minimum atomic E-state index is -4.51. The second kappa shape index (κ2) is 7.26. The molecule has 0 aliphatic carbocycles. The van der Waals surface area contributed by atoms with E-state index in [2.05, 4.69) is 25.3 Å². The van der Waals surface area contributed by atoms with Crippen LogP contribution in [0.1, 0.15) is 27.2 Å². The summed E-state index contributed by atoms with van der Waals surface area (Å²) in [5.41, 5.74) is -0.190. The molecule has 0 spiro atoms. The lowest BCUT2D eigenvalue weighted by Crippen LogP contribution is -2.10. The monoisotopic (exact) mass is 359 g/mol. The summed E-state index contributed by atoms with van der Waals surface area (Å²) in [6.45, 7) is 0.342. The highest BCUT2D eigenvalue weighted by Crippen LogP contribution is 2.29. The zero-order valence-electron chi connectivity index (χ0n) is 13.2. The van der Waals surface area contributed by atoms with Gasteiger partial charge in [0.25, 0.3) is 0 Å². The molecule has 26 heavy (non-hydrogen) atoms. The van der Waals surface area contributed by atoms with Gasteiger partial charge in [0.1, 0.15) is 0 Å². The summed E-state index contributed by atoms with van der Waals surface area (Å²) < 4.78 is 38.3. The van der Waals surface area contributed by atoms with Crippen molar-refractivity contribution in [1.82, 2.24) is 19.9 Å². The summed E-state index contributed by atoms with van der Waals surface area (Å²) in [5.74, 6) is -0.326. The molecule has 0 radical (unpaired) electrons. The molecule has 132 valence electrons. The van der Waals surface area contributed by atoms with Crippen LogP contribution in [0, 0.1) is 0 Å². The Balaban J connectivity index is 1.71. The largest absolute Gasteiger partial charge is 0.416 e. The van der Waals surface area contributed by atoms with E-state index >= 15 is 0 Å². The number of rotatable bonds is 5. The number of nitrogens with one attached hydrogen (secondary N) is 1. The van der Waals surface area contributed by atoms with E-state index in [0.29, 0.717) is 12.2 Å². The maximum absolute atomic E-state index is 12.8. The van der Waals surface area contributed by atoms with Crippen molar-refractivity contribution in [1.29, 1.82) is 0 Å². The number of aromatic nitrogens is 4. The quantitative estimate of drug-likeness (QED) is 0.705. The lowest BCUT2D eigenvalue weighted by atomic mass is 10.0. The summed E-state index contributed by atoms with van der Waals surface area (Å²) in [6, 6.07) is 4.22. The molecule has 3 rings (SSSR count). The van der Waals surface area contributed by atoms with E-state index in [1.165, 1.54) is 24.5 Å². The molecule has 6 nitrogen and oxygen atoms in total. The Morgan fingerprint density at radius 1 is 1.00 bits per heavy atom. The lowest BCUT2D eigenvalue weighted by Gasteiger charge is -2.08. The smallest absolute Gasteiger partial charge is 0.349 e. The number of alkyl halides is 3. The van der Waals surface area contributed by atoms with Gasteiger partial charge in [-0.3, -0.25) is 14.8 Å². The van der Waals surface area contributed by atoms with Crippen LogP contribution in [0.4, 0.5) is 19.1 Å². The molecule has 0 saturated heterocycles. The summed E-state index contributed by atoms with van der Waals surface area (Å²) in [5, 5.41) is 2.91. The van der Waals surface area contributed by atoms with Crippen molar-refractivity contribution in [3.8, 4) is 0 Å². The Bertz CT molecular complexity index is 898. The normalized spacial score (nSPS) is 11.2. The second-order valence-corrected chi connectivity index (χ2v) is 5.25. The van der Waals surface area contributed by atoms with Crippen molar-refractivity contribution in [3.05, 3.63) is 77.6 Å². The van der Waals surface area contributed by atoms with E-state index in [0.717, 1.165) is 12.1 Å². The Morgan fingerprint density at radius 2 is 1.77 bits per heavy atom. The Hall–Kier alpha value is -3.36. The SMILES string of the molecule is O=C(c1cnc(NCc2cnccn2)nc1)c1cccc(C(F)(F)F)c1. The van der Waals surface area contributed by atoms with Crippen LogP contribution in [0.25, 0.3) is 0 Å². The topological polar surface area (TPSA) is 80.7 Å². The van der Waals surface area contributed by atoms with Crippen LogP contribution >= 0.6 is 0 Å². The first-order chi connectivity index (χ1) is 12.4. The van der Waals surface area contributed by atoms with Gasteiger partial charge in [-0.25, -0.2) is 9.97 Å². The Labute approximate surface area is 146 Å². The molecule has 2 aromatic heterocycles. The maximum Gasteiger partial charge on any atom is 0.416 e. The number of carbonyl (C=O) groups excluding carboxylic acids is 1. The first-order valence-electron chi connectivity index (χ1n) is 7.46. The standard InChI is InChI=1S/C17H12F3N5O/c18-17(19,20)13-3-1-2-11(6-13)15(26)12-7-23-16(24-8-12)25-10-14-9-21-4-5-22-14/h1-9H,10H2,(H,23,24,25). The summed E-state index contributed by atoms with van der Waals surface area (Å²) in [6.07, 6.45) is 2.69. The van der Waals surface area contributed by atoms with E-state index < -0.39 is 17.5 Å². The van der Waals surface area contributed by atoms with Gasteiger partial charge in [-0.2, -0.15) is 13.2 Å². The van der Waals surface area contributed by atoms with Crippen LogP contribution in [0.15, 0.2) is 55.2 Å². The number of carbonyl (C=O) groups is 1. The van der Waals surface area contributed by atoms with Gasteiger partial charge in [0.15, 0.2) is 5.78 Å². The number of hydrogen-bond donors (Lipinski definition) is 1. The molecular formula is C17H12F3N5O. The molecule has 0 aliphatic rings. The van der Waals surface area contributed by atoms with Gasteiger partial charge in [0.05, 0.1) is 29.6 Å². The average Bonchev–Trinajstić information content (AvgIpc) is 2.66. The highest BCUT2D eigenvalue weighted by molar-refractivity contribution is 6.08. The van der Waals surface area contributed by atoms with Crippen molar-refractivity contribution < 1.29 is 18.0 Å². The number of nitrogens with zero attached hydrogens (tertiary/aromatic N) is 4. The van der Waals surface area contributed by atoms with Gasteiger partial charge in [0.2, 0.25) is 5.95 Å². The number of anilines is 1. The molecule has 0 aliphatic heterocycles. The third-order valence-electron chi connectivity index (χ3n) is 3.41. The van der Waals surface area contributed by atoms with E-state index in [4.69, 9.17) is 0 Å². The van der Waals surface area contributed by atoms with Crippen LogP contribution in [0.5, 0.6) is 0 Å². The van der Waals surface area contributed by atoms with Crippen molar-refractivity contribution in [2.75, 3.05) is 5.32 Å². The van der Waals surface area contributed by atoms with Gasteiger partial charge >= 0.3 is 6.18 Å². The zero-order chi connectivity index (χ0) is 18.6. The molecule has 2 heterocycles. The van der Waals surface area contributed by atoms with E-state index in [1.807, 2.05) is 0 Å². The molecular weight excluding hydrogens is 347 g/mol. The third-order valence-corrected chi connectivity index (χ3v) is 3.41. The molecule has 3 aromatic rings. The van der Waals surface area contributed by atoms with Gasteiger partial charge in [-0.1, -0.05) is 12.1 Å². The fraction of sp³-hybridized carbons (Fsp3) is 0.118. The summed E-state index contributed by atoms with van der Waals surface area (Å²) >= 11 is 0. The predicted octanol–water partition coefficient (Wildman–Crippen LogP) is 3.13. The molecule has 0 amide bonds. The first-order valence-corrected chi connectivity index (χ1v) is 7.46. The number of halogens is 3. The summed E-state index contributed by atoms with van der Waals surface area (Å²) in [4.78, 5) is 28.3. The van der Waals surface area contributed by atoms with Crippen molar-refractivity contribution in [3.63, 3.8) is 0 Å². The van der Waals surface area contributed by atoms with Gasteiger partial charge < -0.3 is 5.32 Å². The fourth-order valence-electron chi connectivity index (χ4n) is 2.13. The molecule has 1 aromatic carbocycles. The van der Waals surface area contributed by atoms with Gasteiger partial charge in [0, 0.05) is 30.4 Å². The minimum absolute atomic E-state index is 0.0799. The number of ketones is 1. The van der Waals surface area contributed by atoms with Gasteiger partial charge in [-0.15, -0.1) is 0 Å². The molecule has 0 fully saturated rings. The Kier molecular flexibility index (Phi) is 4.87. The van der Waals surface area contributed by atoms with Gasteiger partial charge in [-0.05, 0) is 12.1 Å².